The summed E-state index contributed by atoms with van der Waals surface area (Å²) in [6.45, 7) is 1.70. The van der Waals surface area contributed by atoms with Gasteiger partial charge in [0, 0.05) is 5.88 Å². The normalized spacial score (nSPS) is 11.3. The monoisotopic (exact) mass is 338 g/mol. The van der Waals surface area contributed by atoms with Crippen LogP contribution in [0.2, 0.25) is 0 Å². The van der Waals surface area contributed by atoms with E-state index in [-0.39, 0.29) is 0 Å². The highest BCUT2D eigenvalue weighted by Crippen LogP contribution is 2.08. The zero-order valence-corrected chi connectivity index (χ0v) is 15.0. The van der Waals surface area contributed by atoms with Gasteiger partial charge in [-0.2, -0.15) is 0 Å². The SMILES string of the molecule is ClCCCCCCCCC=CCCOCOCc1ccccc1. The molecule has 0 saturated carbocycles. The molecule has 0 heterocycles. The Bertz CT molecular complexity index is 378. The van der Waals surface area contributed by atoms with E-state index in [4.69, 9.17) is 21.1 Å². The lowest BCUT2D eigenvalue weighted by molar-refractivity contribution is -0.0600. The Morgan fingerprint density at radius 1 is 0.783 bits per heavy atom. The molecule has 0 atom stereocenters. The van der Waals surface area contributed by atoms with Gasteiger partial charge in [-0.1, -0.05) is 68.2 Å². The highest BCUT2D eigenvalue weighted by molar-refractivity contribution is 6.17. The first kappa shape index (κ1) is 20.2. The number of unbranched alkanes of at least 4 members (excludes halogenated alkanes) is 6. The van der Waals surface area contributed by atoms with Crippen molar-refractivity contribution in [3.63, 3.8) is 0 Å². The van der Waals surface area contributed by atoms with Crippen LogP contribution in [0.25, 0.3) is 0 Å². The van der Waals surface area contributed by atoms with Crippen molar-refractivity contribution in [3.8, 4) is 0 Å². The highest BCUT2D eigenvalue weighted by Gasteiger charge is 1.92. The van der Waals surface area contributed by atoms with E-state index in [2.05, 4.69) is 24.3 Å². The minimum Gasteiger partial charge on any atom is -0.355 e. The van der Waals surface area contributed by atoms with Gasteiger partial charge in [-0.15, -0.1) is 11.6 Å². The zero-order valence-electron chi connectivity index (χ0n) is 14.2. The van der Waals surface area contributed by atoms with Crippen LogP contribution in [0.4, 0.5) is 0 Å². The molecule has 23 heavy (non-hydrogen) atoms. The van der Waals surface area contributed by atoms with E-state index >= 15 is 0 Å². The van der Waals surface area contributed by atoms with Gasteiger partial charge in [-0.05, 0) is 31.2 Å². The first-order chi connectivity index (χ1) is 11.4. The van der Waals surface area contributed by atoms with Crippen molar-refractivity contribution in [2.75, 3.05) is 19.3 Å². The van der Waals surface area contributed by atoms with Crippen LogP contribution in [0.3, 0.4) is 0 Å². The van der Waals surface area contributed by atoms with Crippen LogP contribution in [-0.4, -0.2) is 19.3 Å². The number of allylic oxidation sites excluding steroid dienone is 1. The fourth-order valence-electron chi connectivity index (χ4n) is 2.30. The summed E-state index contributed by atoms with van der Waals surface area (Å²) in [6.07, 6.45) is 14.4. The lowest BCUT2D eigenvalue weighted by Gasteiger charge is -2.04. The van der Waals surface area contributed by atoms with Crippen molar-refractivity contribution in [1.82, 2.24) is 0 Å². The molecule has 3 heteroatoms. The predicted molar refractivity (Wildman–Crippen MR) is 98.8 cm³/mol. The first-order valence-corrected chi connectivity index (χ1v) is 9.37. The summed E-state index contributed by atoms with van der Waals surface area (Å²) in [7, 11) is 0. The van der Waals surface area contributed by atoms with E-state index in [0.717, 1.165) is 25.3 Å². The van der Waals surface area contributed by atoms with Gasteiger partial charge in [0.2, 0.25) is 0 Å². The smallest absolute Gasteiger partial charge is 0.147 e. The minimum atomic E-state index is 0.366. The second kappa shape index (κ2) is 16.0. The zero-order chi connectivity index (χ0) is 16.4. The Balaban J connectivity index is 1.78. The van der Waals surface area contributed by atoms with Gasteiger partial charge in [0.05, 0.1) is 13.2 Å². The van der Waals surface area contributed by atoms with Crippen molar-refractivity contribution < 1.29 is 9.47 Å². The molecule has 0 aromatic heterocycles. The van der Waals surface area contributed by atoms with Gasteiger partial charge < -0.3 is 9.47 Å². The standard InChI is InChI=1S/C20H31ClO2/c21-16-12-7-5-3-1-2-4-6-8-13-17-22-19-23-18-20-14-10-9-11-15-20/h6,8-11,14-15H,1-5,7,12-13,16-19H2. The molecule has 1 aromatic rings. The molecule has 0 unspecified atom stereocenters. The summed E-state index contributed by atoms with van der Waals surface area (Å²) < 4.78 is 10.9. The molecular formula is C20H31ClO2. The molecule has 0 aliphatic carbocycles. The molecule has 1 aromatic carbocycles. The van der Waals surface area contributed by atoms with Gasteiger partial charge in [0.15, 0.2) is 0 Å². The molecule has 0 amide bonds. The Hall–Kier alpha value is -0.830. The number of benzene rings is 1. The second-order valence-electron chi connectivity index (χ2n) is 5.72. The van der Waals surface area contributed by atoms with Crippen molar-refractivity contribution >= 4 is 11.6 Å². The van der Waals surface area contributed by atoms with E-state index in [1.165, 1.54) is 44.1 Å². The summed E-state index contributed by atoms with van der Waals surface area (Å²) in [6, 6.07) is 10.2. The number of halogens is 1. The molecule has 0 aliphatic heterocycles. The summed E-state index contributed by atoms with van der Waals surface area (Å²) in [5.41, 5.74) is 1.18. The fraction of sp³-hybridized carbons (Fsp3) is 0.600. The minimum absolute atomic E-state index is 0.366. The topological polar surface area (TPSA) is 18.5 Å². The third-order valence-electron chi connectivity index (χ3n) is 3.63. The van der Waals surface area contributed by atoms with Crippen molar-refractivity contribution in [1.29, 1.82) is 0 Å². The van der Waals surface area contributed by atoms with Crippen LogP contribution in [-0.2, 0) is 16.1 Å². The number of hydrogen-bond donors (Lipinski definition) is 0. The second-order valence-corrected chi connectivity index (χ2v) is 6.10. The van der Waals surface area contributed by atoms with Crippen LogP contribution >= 0.6 is 11.6 Å². The average molecular weight is 339 g/mol. The van der Waals surface area contributed by atoms with Gasteiger partial charge >= 0.3 is 0 Å². The first-order valence-electron chi connectivity index (χ1n) is 8.84. The number of hydrogen-bond acceptors (Lipinski definition) is 2. The molecule has 0 fully saturated rings. The van der Waals surface area contributed by atoms with Crippen LogP contribution in [0.15, 0.2) is 42.5 Å². The van der Waals surface area contributed by atoms with Gasteiger partial charge in [-0.25, -0.2) is 0 Å². The predicted octanol–water partition coefficient (Wildman–Crippen LogP) is 6.09. The molecule has 0 bridgehead atoms. The van der Waals surface area contributed by atoms with Crippen LogP contribution < -0.4 is 0 Å². The number of rotatable bonds is 15. The third kappa shape index (κ3) is 13.3. The Kier molecular flexibility index (Phi) is 14.1. The molecular weight excluding hydrogens is 308 g/mol. The average Bonchev–Trinajstić information content (AvgIpc) is 2.59. The van der Waals surface area contributed by atoms with Crippen molar-refractivity contribution in [3.05, 3.63) is 48.0 Å². The van der Waals surface area contributed by atoms with E-state index in [0.29, 0.717) is 13.4 Å². The highest BCUT2D eigenvalue weighted by atomic mass is 35.5. The van der Waals surface area contributed by atoms with Gasteiger partial charge in [0.25, 0.3) is 0 Å². The summed E-state index contributed by atoms with van der Waals surface area (Å²) in [4.78, 5) is 0. The molecule has 0 radical (unpaired) electrons. The molecule has 2 nitrogen and oxygen atoms in total. The summed E-state index contributed by atoms with van der Waals surface area (Å²) in [5.74, 6) is 0.808. The van der Waals surface area contributed by atoms with Crippen LogP contribution in [0.1, 0.15) is 56.9 Å². The molecule has 0 aliphatic rings. The summed E-state index contributed by atoms with van der Waals surface area (Å²) >= 11 is 5.65. The quantitative estimate of drug-likeness (QED) is 0.167. The lowest BCUT2D eigenvalue weighted by Crippen LogP contribution is -2.01. The number of alkyl halides is 1. The van der Waals surface area contributed by atoms with Crippen molar-refractivity contribution in [2.45, 2.75) is 58.0 Å². The van der Waals surface area contributed by atoms with Crippen molar-refractivity contribution in [2.24, 2.45) is 0 Å². The maximum atomic E-state index is 5.65. The maximum Gasteiger partial charge on any atom is 0.147 e. The molecule has 0 spiro atoms. The Morgan fingerprint density at radius 2 is 1.48 bits per heavy atom. The van der Waals surface area contributed by atoms with E-state index in [9.17, 15) is 0 Å². The lowest BCUT2D eigenvalue weighted by atomic mass is 10.1. The number of ether oxygens (including phenoxy) is 2. The van der Waals surface area contributed by atoms with E-state index in [1.807, 2.05) is 18.2 Å². The Morgan fingerprint density at radius 3 is 2.26 bits per heavy atom. The molecule has 0 saturated heterocycles. The van der Waals surface area contributed by atoms with Gasteiger partial charge in [0.1, 0.15) is 6.79 Å². The van der Waals surface area contributed by atoms with Gasteiger partial charge in [-0.3, -0.25) is 0 Å². The van der Waals surface area contributed by atoms with Crippen LogP contribution in [0, 0.1) is 0 Å². The maximum absolute atomic E-state index is 5.65. The molecule has 1 rings (SSSR count). The van der Waals surface area contributed by atoms with E-state index in [1.54, 1.807) is 0 Å². The largest absolute Gasteiger partial charge is 0.355 e. The summed E-state index contributed by atoms with van der Waals surface area (Å²) in [5, 5.41) is 0. The Labute approximate surface area is 146 Å². The van der Waals surface area contributed by atoms with Crippen LogP contribution in [0.5, 0.6) is 0 Å². The molecule has 0 N–H and O–H groups in total. The fourth-order valence-corrected chi connectivity index (χ4v) is 2.49. The van der Waals surface area contributed by atoms with E-state index < -0.39 is 0 Å². The third-order valence-corrected chi connectivity index (χ3v) is 3.90. The molecule has 130 valence electrons.